The predicted molar refractivity (Wildman–Crippen MR) is 82.8 cm³/mol. The highest BCUT2D eigenvalue weighted by molar-refractivity contribution is 9.10. The van der Waals surface area contributed by atoms with E-state index in [1.165, 1.54) is 5.56 Å². The van der Waals surface area contributed by atoms with E-state index < -0.39 is 24.1 Å². The van der Waals surface area contributed by atoms with Gasteiger partial charge in [0.15, 0.2) is 12.2 Å². The van der Waals surface area contributed by atoms with Crippen molar-refractivity contribution in [3.8, 4) is 0 Å². The van der Waals surface area contributed by atoms with E-state index in [0.29, 0.717) is 0 Å². The highest BCUT2D eigenvalue weighted by atomic mass is 79.9. The van der Waals surface area contributed by atoms with Gasteiger partial charge in [0.1, 0.15) is 4.60 Å². The summed E-state index contributed by atoms with van der Waals surface area (Å²) in [6, 6.07) is 3.98. The molecule has 2 atom stereocenters. The van der Waals surface area contributed by atoms with Gasteiger partial charge in [-0.3, -0.25) is 0 Å². The molecule has 1 heterocycles. The Bertz CT molecular complexity index is 466. The molecule has 1 rings (SSSR count). The van der Waals surface area contributed by atoms with E-state index in [4.69, 9.17) is 25.2 Å². The Balaban J connectivity index is 0.000000438. The van der Waals surface area contributed by atoms with E-state index in [9.17, 15) is 9.59 Å². The summed E-state index contributed by atoms with van der Waals surface area (Å²) in [5.74, 6) is -3.54. The molecule has 23 heavy (non-hydrogen) atoms. The Morgan fingerprint density at radius 2 is 1.83 bits per heavy atom. The minimum absolute atomic E-state index is 0.740. The maximum atomic E-state index is 9.77. The molecule has 0 radical (unpaired) electrons. The zero-order chi connectivity index (χ0) is 17.8. The topological polar surface area (TPSA) is 149 Å². The van der Waals surface area contributed by atoms with Crippen LogP contribution in [0.1, 0.15) is 5.56 Å². The first-order chi connectivity index (χ1) is 10.8. The Kier molecular flexibility index (Phi) is 11.1. The van der Waals surface area contributed by atoms with Crippen LogP contribution in [-0.4, -0.2) is 69.8 Å². The number of aromatic nitrogens is 1. The Morgan fingerprint density at radius 1 is 1.26 bits per heavy atom. The quantitative estimate of drug-likeness (QED) is 0.289. The van der Waals surface area contributed by atoms with Crippen LogP contribution in [-0.2, 0) is 20.9 Å². The zero-order valence-corrected chi connectivity index (χ0v) is 13.9. The van der Waals surface area contributed by atoms with E-state index in [-0.39, 0.29) is 0 Å². The van der Waals surface area contributed by atoms with Gasteiger partial charge in [-0.05, 0) is 27.6 Å². The Morgan fingerprint density at radius 3 is 2.22 bits per heavy atom. The predicted octanol–water partition coefficient (Wildman–Crippen LogP) is -0.542. The van der Waals surface area contributed by atoms with Crippen LogP contribution in [0.25, 0.3) is 0 Å². The third kappa shape index (κ3) is 9.92. The van der Waals surface area contributed by atoms with Gasteiger partial charge in [-0.2, -0.15) is 0 Å². The van der Waals surface area contributed by atoms with E-state index in [2.05, 4.69) is 26.2 Å². The van der Waals surface area contributed by atoms with Crippen LogP contribution in [0.5, 0.6) is 0 Å². The molecule has 0 spiro atoms. The first-order valence-electron chi connectivity index (χ1n) is 6.41. The largest absolute Gasteiger partial charge is 0.479 e. The number of halogens is 1. The van der Waals surface area contributed by atoms with Crippen molar-refractivity contribution in [1.82, 2.24) is 10.3 Å². The number of carboxylic acid groups (broad SMARTS) is 2. The minimum Gasteiger partial charge on any atom is -0.479 e. The third-order valence-corrected chi connectivity index (χ3v) is 2.87. The summed E-state index contributed by atoms with van der Waals surface area (Å²) < 4.78 is 5.78. The lowest BCUT2D eigenvalue weighted by atomic mass is 10.2. The number of hydrogen-bond acceptors (Lipinski definition) is 7. The number of aliphatic hydroxyl groups excluding tert-OH is 2. The van der Waals surface area contributed by atoms with Gasteiger partial charge in [-0.1, -0.05) is 6.07 Å². The van der Waals surface area contributed by atoms with Gasteiger partial charge in [0.2, 0.25) is 0 Å². The van der Waals surface area contributed by atoms with Crippen LogP contribution < -0.4 is 5.32 Å². The van der Waals surface area contributed by atoms with Gasteiger partial charge >= 0.3 is 11.9 Å². The van der Waals surface area contributed by atoms with Crippen molar-refractivity contribution in [2.45, 2.75) is 18.8 Å². The van der Waals surface area contributed by atoms with E-state index in [0.717, 1.165) is 24.3 Å². The van der Waals surface area contributed by atoms with Crippen molar-refractivity contribution < 1.29 is 34.8 Å². The highest BCUT2D eigenvalue weighted by Gasteiger charge is 2.29. The van der Waals surface area contributed by atoms with Crippen LogP contribution in [0, 0.1) is 0 Å². The summed E-state index contributed by atoms with van der Waals surface area (Å²) in [7, 11) is 1.70. The number of carboxylic acids is 2. The summed E-state index contributed by atoms with van der Waals surface area (Å²) in [6.45, 7) is 2.44. The molecule has 130 valence electrons. The fraction of sp³-hybridized carbons (Fsp3) is 0.462. The van der Waals surface area contributed by atoms with E-state index in [1.807, 2.05) is 18.3 Å². The number of nitrogens with one attached hydrogen (secondary N) is 1. The average Bonchev–Trinajstić information content (AvgIpc) is 2.52. The standard InChI is InChI=1S/C9H13BrN2O.C4H6O6/c1-13-5-4-11-6-8-2-3-9(10)12-7-8;5-1(3(7)8)2(6)4(9)10/h2-3,7,11H,4-6H2,1H3;1-2,5-6H,(H,7,8)(H,9,10)/t;1-,2-/m.0/s1. The van der Waals surface area contributed by atoms with Crippen LogP contribution in [0.15, 0.2) is 22.9 Å². The molecule has 0 aliphatic rings. The maximum absolute atomic E-state index is 9.77. The molecule has 0 unspecified atom stereocenters. The SMILES string of the molecule is COCCNCc1ccc(Br)nc1.O=C(O)[C@@H](O)[C@H](O)C(=O)O. The summed E-state index contributed by atoms with van der Waals surface area (Å²) in [6.07, 6.45) is -2.68. The number of rotatable bonds is 8. The van der Waals surface area contributed by atoms with E-state index >= 15 is 0 Å². The number of methoxy groups -OCH3 is 1. The molecule has 0 aromatic carbocycles. The lowest BCUT2D eigenvalue weighted by molar-refractivity contribution is -0.165. The van der Waals surface area contributed by atoms with Crippen molar-refractivity contribution in [3.63, 3.8) is 0 Å². The van der Waals surface area contributed by atoms with Crippen molar-refractivity contribution in [1.29, 1.82) is 0 Å². The third-order valence-electron chi connectivity index (χ3n) is 2.41. The highest BCUT2D eigenvalue weighted by Crippen LogP contribution is 2.05. The van der Waals surface area contributed by atoms with Gasteiger partial charge < -0.3 is 30.5 Å². The van der Waals surface area contributed by atoms with Gasteiger partial charge in [-0.25, -0.2) is 14.6 Å². The second-order valence-corrected chi connectivity index (χ2v) is 5.04. The molecule has 9 nitrogen and oxygen atoms in total. The van der Waals surface area contributed by atoms with Crippen molar-refractivity contribution in [2.24, 2.45) is 0 Å². The van der Waals surface area contributed by atoms with Crippen LogP contribution >= 0.6 is 15.9 Å². The van der Waals surface area contributed by atoms with Crippen LogP contribution in [0.3, 0.4) is 0 Å². The van der Waals surface area contributed by atoms with Crippen molar-refractivity contribution in [3.05, 3.63) is 28.5 Å². The second kappa shape index (κ2) is 11.9. The molecular weight excluding hydrogens is 376 g/mol. The van der Waals surface area contributed by atoms with Crippen molar-refractivity contribution in [2.75, 3.05) is 20.3 Å². The smallest absolute Gasteiger partial charge is 0.335 e. The molecule has 0 aliphatic heterocycles. The van der Waals surface area contributed by atoms with Crippen LogP contribution in [0.4, 0.5) is 0 Å². The first-order valence-corrected chi connectivity index (χ1v) is 7.20. The normalized spacial score (nSPS) is 12.7. The van der Waals surface area contributed by atoms with E-state index in [1.54, 1.807) is 7.11 Å². The van der Waals surface area contributed by atoms with Gasteiger partial charge in [0.05, 0.1) is 6.61 Å². The molecule has 1 aromatic rings. The Hall–Kier alpha value is -1.59. The lowest BCUT2D eigenvalue weighted by Gasteiger charge is -2.07. The number of aliphatic carboxylic acids is 2. The van der Waals surface area contributed by atoms with Gasteiger partial charge in [0.25, 0.3) is 0 Å². The number of ether oxygens (including phenoxy) is 1. The molecule has 0 saturated heterocycles. The number of aliphatic hydroxyl groups is 2. The molecular formula is C13H19BrN2O7. The summed E-state index contributed by atoms with van der Waals surface area (Å²) in [5, 5.41) is 35.8. The van der Waals surface area contributed by atoms with Gasteiger partial charge in [-0.15, -0.1) is 0 Å². The maximum Gasteiger partial charge on any atom is 0.335 e. The monoisotopic (exact) mass is 394 g/mol. The first kappa shape index (κ1) is 21.4. The zero-order valence-electron chi connectivity index (χ0n) is 12.3. The molecule has 0 aliphatic carbocycles. The molecule has 0 saturated carbocycles. The summed E-state index contributed by atoms with van der Waals surface area (Å²) in [4.78, 5) is 23.7. The summed E-state index contributed by atoms with van der Waals surface area (Å²) >= 11 is 3.29. The molecule has 0 bridgehead atoms. The summed E-state index contributed by atoms with van der Waals surface area (Å²) in [5.41, 5.74) is 1.18. The number of hydrogen-bond donors (Lipinski definition) is 5. The lowest BCUT2D eigenvalue weighted by Crippen LogP contribution is -2.39. The molecule has 1 aromatic heterocycles. The molecule has 5 N–H and O–H groups in total. The number of pyridine rings is 1. The second-order valence-electron chi connectivity index (χ2n) is 4.22. The van der Waals surface area contributed by atoms with Crippen LogP contribution in [0.2, 0.25) is 0 Å². The minimum atomic E-state index is -2.27. The number of carbonyl (C=O) groups is 2. The fourth-order valence-corrected chi connectivity index (χ4v) is 1.42. The average molecular weight is 395 g/mol. The molecule has 10 heteroatoms. The molecule has 0 amide bonds. The fourth-order valence-electron chi connectivity index (χ4n) is 1.19. The van der Waals surface area contributed by atoms with Crippen molar-refractivity contribution >= 4 is 27.9 Å². The number of nitrogens with zero attached hydrogens (tertiary/aromatic N) is 1. The Labute approximate surface area is 141 Å². The molecule has 0 fully saturated rings. The van der Waals surface area contributed by atoms with Gasteiger partial charge in [0, 0.05) is 26.4 Å².